The molecule has 0 saturated heterocycles. The van der Waals surface area contributed by atoms with Crippen molar-refractivity contribution in [2.75, 3.05) is 10.0 Å². The summed E-state index contributed by atoms with van der Waals surface area (Å²) >= 11 is 1.16. The maximum absolute atomic E-state index is 12.9. The van der Waals surface area contributed by atoms with Crippen molar-refractivity contribution in [2.24, 2.45) is 0 Å². The molecule has 1 aromatic carbocycles. The van der Waals surface area contributed by atoms with Gasteiger partial charge in [-0.1, -0.05) is 18.2 Å². The molecule has 0 aliphatic carbocycles. The summed E-state index contributed by atoms with van der Waals surface area (Å²) in [6.07, 6.45) is 3.50. The highest BCUT2D eigenvalue weighted by Crippen LogP contribution is 2.30. The Morgan fingerprint density at radius 3 is 2.40 bits per heavy atom. The average molecular weight is 445 g/mol. The summed E-state index contributed by atoms with van der Waals surface area (Å²) in [6.45, 7) is 6.69. The van der Waals surface area contributed by atoms with Gasteiger partial charge in [-0.25, -0.2) is 13.4 Å². The molecule has 0 atom stereocenters. The van der Waals surface area contributed by atoms with E-state index in [4.69, 9.17) is 0 Å². The number of benzene rings is 1. The second-order valence-corrected chi connectivity index (χ2v) is 10.7. The summed E-state index contributed by atoms with van der Waals surface area (Å²) < 4.78 is 26.5. The van der Waals surface area contributed by atoms with Crippen molar-refractivity contribution in [3.63, 3.8) is 0 Å². The Hall–Kier alpha value is -2.78. The van der Waals surface area contributed by atoms with Gasteiger partial charge in [-0.2, -0.15) is 0 Å². The quantitative estimate of drug-likeness (QED) is 0.567. The maximum Gasteiger partial charge on any atom is 0.236 e. The van der Waals surface area contributed by atoms with Gasteiger partial charge in [-0.3, -0.25) is 14.5 Å². The summed E-state index contributed by atoms with van der Waals surface area (Å²) in [5.74, 6) is -0.236. The van der Waals surface area contributed by atoms with Crippen LogP contribution in [0.25, 0.3) is 11.1 Å². The van der Waals surface area contributed by atoms with Gasteiger partial charge in [-0.15, -0.1) is 11.3 Å². The van der Waals surface area contributed by atoms with Crippen molar-refractivity contribution < 1.29 is 13.2 Å². The number of hydrogen-bond donors (Lipinski definition) is 2. The fourth-order valence-corrected chi connectivity index (χ4v) is 4.32. The number of sulfonamides is 1. The van der Waals surface area contributed by atoms with Gasteiger partial charge < -0.3 is 5.32 Å². The number of carbonyl (C=O) groups excluding carboxylic acids is 1. The Labute approximate surface area is 180 Å². The zero-order chi connectivity index (χ0) is 21.9. The van der Waals surface area contributed by atoms with E-state index >= 15 is 0 Å². The molecule has 158 valence electrons. The number of carbonyl (C=O) groups is 1. The normalized spacial score (nSPS) is 12.0. The van der Waals surface area contributed by atoms with Crippen molar-refractivity contribution in [1.82, 2.24) is 9.97 Å². The number of hydrogen-bond acceptors (Lipinski definition) is 6. The van der Waals surface area contributed by atoms with E-state index in [2.05, 4.69) is 20.0 Å². The van der Waals surface area contributed by atoms with Gasteiger partial charge in [-0.05, 0) is 57.0 Å². The second-order valence-electron chi connectivity index (χ2n) is 7.63. The van der Waals surface area contributed by atoms with E-state index in [1.165, 1.54) is 0 Å². The van der Waals surface area contributed by atoms with Gasteiger partial charge in [0.2, 0.25) is 15.9 Å². The Balaban J connectivity index is 1.72. The summed E-state index contributed by atoms with van der Waals surface area (Å²) in [5.41, 5.74) is 2.21. The summed E-state index contributed by atoms with van der Waals surface area (Å²) in [7, 11) is -3.49. The predicted octanol–water partition coefficient (Wildman–Crippen LogP) is 4.27. The fraction of sp³-hybridized carbons (Fsp3) is 0.286. The van der Waals surface area contributed by atoms with Gasteiger partial charge in [0.1, 0.15) is 0 Å². The van der Waals surface area contributed by atoms with E-state index < -0.39 is 20.7 Å². The third kappa shape index (κ3) is 4.85. The van der Waals surface area contributed by atoms with Crippen LogP contribution < -0.4 is 10.0 Å². The molecule has 0 aliphatic heterocycles. The molecule has 9 heteroatoms. The third-order valence-electron chi connectivity index (χ3n) is 4.70. The lowest BCUT2D eigenvalue weighted by Crippen LogP contribution is -2.35. The van der Waals surface area contributed by atoms with Crippen molar-refractivity contribution in [3.8, 4) is 11.1 Å². The molecule has 0 aliphatic rings. The number of thiazole rings is 1. The van der Waals surface area contributed by atoms with Crippen molar-refractivity contribution in [2.45, 2.75) is 38.4 Å². The first kappa shape index (κ1) is 21.9. The molecule has 7 nitrogen and oxygen atoms in total. The fourth-order valence-electron chi connectivity index (χ4n) is 2.53. The minimum Gasteiger partial charge on any atom is -0.325 e. The zero-order valence-corrected chi connectivity index (χ0v) is 18.8. The number of nitrogens with one attached hydrogen (secondary N) is 2. The van der Waals surface area contributed by atoms with E-state index in [0.717, 1.165) is 22.5 Å². The molecule has 0 saturated carbocycles. The minimum atomic E-state index is -3.49. The Morgan fingerprint density at radius 1 is 1.10 bits per heavy atom. The number of nitrogens with zero attached hydrogens (tertiary/aromatic N) is 2. The molecule has 0 fully saturated rings. The summed E-state index contributed by atoms with van der Waals surface area (Å²) in [5, 5.41) is 4.28. The van der Waals surface area contributed by atoms with Crippen molar-refractivity contribution in [3.05, 3.63) is 59.9 Å². The number of amides is 1. The minimum absolute atomic E-state index is 0.236. The third-order valence-corrected chi connectivity index (χ3v) is 7.31. The van der Waals surface area contributed by atoms with Crippen LogP contribution in [0.3, 0.4) is 0 Å². The molecule has 30 heavy (non-hydrogen) atoms. The molecular formula is C21H24N4O3S2. The van der Waals surface area contributed by atoms with Crippen LogP contribution >= 0.6 is 11.3 Å². The van der Waals surface area contributed by atoms with Crippen LogP contribution in [-0.4, -0.2) is 29.5 Å². The molecule has 2 heterocycles. The van der Waals surface area contributed by atoms with E-state index in [-0.39, 0.29) is 11.0 Å². The highest BCUT2D eigenvalue weighted by atomic mass is 32.2. The molecule has 2 aromatic heterocycles. The Morgan fingerprint density at radius 2 is 1.80 bits per heavy atom. The van der Waals surface area contributed by atoms with E-state index in [9.17, 15) is 13.2 Å². The lowest BCUT2D eigenvalue weighted by molar-refractivity contribution is -0.120. The first-order valence-corrected chi connectivity index (χ1v) is 11.8. The number of pyridine rings is 1. The van der Waals surface area contributed by atoms with Crippen LogP contribution in [0.5, 0.6) is 0 Å². The van der Waals surface area contributed by atoms with Crippen molar-refractivity contribution in [1.29, 1.82) is 0 Å². The van der Waals surface area contributed by atoms with Gasteiger partial charge in [0, 0.05) is 23.5 Å². The van der Waals surface area contributed by atoms with Gasteiger partial charge in [0.05, 0.1) is 16.4 Å². The van der Waals surface area contributed by atoms with Gasteiger partial charge in [0.25, 0.3) is 0 Å². The molecule has 3 rings (SSSR count). The first-order chi connectivity index (χ1) is 14.1. The van der Waals surface area contributed by atoms with Crippen LogP contribution in [-0.2, 0) is 20.2 Å². The number of anilines is 2. The SMILES string of the molecule is CC(C)S(=O)(=O)Nc1nc(C(C)(C)C(=O)Nc2ccc(-c3cccnc3)cc2)cs1. The van der Waals surface area contributed by atoms with Crippen LogP contribution in [0, 0.1) is 0 Å². The monoisotopic (exact) mass is 444 g/mol. The molecule has 0 spiro atoms. The summed E-state index contributed by atoms with van der Waals surface area (Å²) in [6, 6.07) is 11.3. The Bertz CT molecular complexity index is 1120. The standard InChI is InChI=1S/C21H24N4O3S2/c1-14(2)30(27,28)25-20-24-18(13-29-20)21(3,4)19(26)23-17-9-7-15(8-10-17)16-6-5-11-22-12-16/h5-14H,1-4H3,(H,23,26)(H,24,25). The topological polar surface area (TPSA) is 101 Å². The van der Waals surface area contributed by atoms with E-state index in [1.807, 2.05) is 36.4 Å². The van der Waals surface area contributed by atoms with Crippen LogP contribution in [0.1, 0.15) is 33.4 Å². The molecule has 1 amide bonds. The van der Waals surface area contributed by atoms with Crippen LogP contribution in [0.15, 0.2) is 54.2 Å². The smallest absolute Gasteiger partial charge is 0.236 e. The lowest BCUT2D eigenvalue weighted by Gasteiger charge is -2.21. The molecule has 0 bridgehead atoms. The lowest BCUT2D eigenvalue weighted by atomic mass is 9.89. The molecule has 2 N–H and O–H groups in total. The molecule has 3 aromatic rings. The first-order valence-electron chi connectivity index (χ1n) is 9.39. The highest BCUT2D eigenvalue weighted by molar-refractivity contribution is 7.93. The summed E-state index contributed by atoms with van der Waals surface area (Å²) in [4.78, 5) is 21.3. The van der Waals surface area contributed by atoms with Crippen molar-refractivity contribution >= 4 is 38.1 Å². The van der Waals surface area contributed by atoms with Crippen LogP contribution in [0.2, 0.25) is 0 Å². The predicted molar refractivity (Wildman–Crippen MR) is 121 cm³/mol. The highest BCUT2D eigenvalue weighted by Gasteiger charge is 2.33. The number of rotatable bonds is 7. The zero-order valence-electron chi connectivity index (χ0n) is 17.2. The Kier molecular flexibility index (Phi) is 6.23. The van der Waals surface area contributed by atoms with E-state index in [0.29, 0.717) is 11.4 Å². The molecule has 0 unspecified atom stereocenters. The van der Waals surface area contributed by atoms with E-state index in [1.54, 1.807) is 45.5 Å². The van der Waals surface area contributed by atoms with Crippen LogP contribution in [0.4, 0.5) is 10.8 Å². The maximum atomic E-state index is 12.9. The number of aromatic nitrogens is 2. The van der Waals surface area contributed by atoms with Gasteiger partial charge in [0.15, 0.2) is 5.13 Å². The molecular weight excluding hydrogens is 420 g/mol. The largest absolute Gasteiger partial charge is 0.325 e. The average Bonchev–Trinajstić information content (AvgIpc) is 3.17. The molecule has 0 radical (unpaired) electrons. The second kappa shape index (κ2) is 8.53. The van der Waals surface area contributed by atoms with Gasteiger partial charge >= 0.3 is 0 Å².